The van der Waals surface area contributed by atoms with Crippen LogP contribution >= 0.6 is 11.3 Å². The van der Waals surface area contributed by atoms with Crippen LogP contribution in [0.15, 0.2) is 54.0 Å². The van der Waals surface area contributed by atoms with Gasteiger partial charge in [0.25, 0.3) is 5.91 Å². The molecule has 1 aromatic heterocycles. The van der Waals surface area contributed by atoms with Gasteiger partial charge in [-0.25, -0.2) is 18.2 Å². The summed E-state index contributed by atoms with van der Waals surface area (Å²) in [7, 11) is -3.88. The summed E-state index contributed by atoms with van der Waals surface area (Å²) in [6.07, 6.45) is 13.6. The van der Waals surface area contributed by atoms with E-state index in [2.05, 4.69) is 40.2 Å². The van der Waals surface area contributed by atoms with E-state index < -0.39 is 62.8 Å². The normalized spacial score (nSPS) is 29.0. The number of carbonyl (C=O) groups is 4. The lowest BCUT2D eigenvalue weighted by Gasteiger charge is -2.31. The summed E-state index contributed by atoms with van der Waals surface area (Å²) >= 11 is 1.43. The number of hydrogen-bond donors (Lipinski definition) is 3. The number of rotatable bonds is 7. The van der Waals surface area contributed by atoms with Crippen LogP contribution in [0.5, 0.6) is 0 Å². The number of allylic oxidation sites excluding steroid dienone is 2. The van der Waals surface area contributed by atoms with Crippen molar-refractivity contribution in [1.29, 1.82) is 0 Å². The molecular weight excluding hydrogens is 729 g/mol. The molecule has 5 atom stereocenters. The molecule has 54 heavy (non-hydrogen) atoms. The zero-order valence-electron chi connectivity index (χ0n) is 30.1. The SMILES string of the molecule is C=C[C@@H]1C[C@]1(NC(=O)[C@@H]1C[C@@H]2CN1C(=O)[C@H](C1=CCCCC1)Nc1nc(cs1)CCC/C=C\c1cccc3c1CN(C3)C(=O)O2)C(=O)NS(=O)(=O)C1CC1. The van der Waals surface area contributed by atoms with Gasteiger partial charge in [-0.15, -0.1) is 17.9 Å². The third-order valence-corrected chi connectivity index (χ3v) is 14.1. The van der Waals surface area contributed by atoms with Crippen molar-refractivity contribution in [2.45, 2.75) is 113 Å². The van der Waals surface area contributed by atoms with Gasteiger partial charge in [-0.3, -0.25) is 24.0 Å². The van der Waals surface area contributed by atoms with Gasteiger partial charge in [-0.1, -0.05) is 42.5 Å². The van der Waals surface area contributed by atoms with Gasteiger partial charge in [0.2, 0.25) is 21.8 Å². The summed E-state index contributed by atoms with van der Waals surface area (Å²) in [6.45, 7) is 4.52. The number of amides is 4. The van der Waals surface area contributed by atoms with Gasteiger partial charge >= 0.3 is 6.09 Å². The van der Waals surface area contributed by atoms with E-state index in [-0.39, 0.29) is 25.3 Å². The Morgan fingerprint density at radius 1 is 1.11 bits per heavy atom. The monoisotopic (exact) mass is 774 g/mol. The second-order valence-corrected chi connectivity index (χ2v) is 18.1. The molecule has 4 heterocycles. The van der Waals surface area contributed by atoms with Crippen molar-refractivity contribution < 1.29 is 32.3 Å². The third-order valence-electron chi connectivity index (χ3n) is 11.5. The Hall–Kier alpha value is -4.50. The predicted molar refractivity (Wildman–Crippen MR) is 203 cm³/mol. The van der Waals surface area contributed by atoms with Gasteiger partial charge in [0.1, 0.15) is 23.7 Å². The standard InChI is InChI=1S/C39H46N6O7S2/c1-2-27-19-39(27,36(48)43-54(50,51)30-16-17-30)42-34(46)32-18-29-21-45(32)35(47)33(25-11-6-3-7-12-25)41-37-40-28(23-53-37)15-8-4-5-10-24-13-9-14-26-20-44(22-31(24)26)38(49)52-29/h2,5,9-11,13-14,23,27,29-30,32-33H,1,3-4,6-8,12,15-22H2,(H,40,41)(H,42,46)(H,43,48)/b10-5-/t27-,29-,32+,33+,39-/m1/s1. The largest absolute Gasteiger partial charge is 0.444 e. The number of aromatic nitrogens is 1. The van der Waals surface area contributed by atoms with E-state index in [0.717, 1.165) is 66.5 Å². The van der Waals surface area contributed by atoms with E-state index >= 15 is 0 Å². The maximum Gasteiger partial charge on any atom is 0.410 e. The molecule has 0 spiro atoms. The first kappa shape index (κ1) is 36.5. The molecule has 3 aliphatic heterocycles. The first-order valence-corrected chi connectivity index (χ1v) is 21.4. The Bertz CT molecular complexity index is 2040. The van der Waals surface area contributed by atoms with Gasteiger partial charge < -0.3 is 20.3 Å². The third kappa shape index (κ3) is 7.31. The molecule has 2 aromatic rings. The summed E-state index contributed by atoms with van der Waals surface area (Å²) in [6, 6.07) is 4.13. The number of carbonyl (C=O) groups excluding carboxylic acids is 4. The molecule has 2 saturated carbocycles. The van der Waals surface area contributed by atoms with Crippen molar-refractivity contribution in [1.82, 2.24) is 24.8 Å². The first-order chi connectivity index (χ1) is 26.0. The average Bonchev–Trinajstić information content (AvgIpc) is 3.98. The van der Waals surface area contributed by atoms with Gasteiger partial charge in [0.15, 0.2) is 5.13 Å². The van der Waals surface area contributed by atoms with Crippen LogP contribution in [0, 0.1) is 5.92 Å². The maximum absolute atomic E-state index is 14.8. The minimum absolute atomic E-state index is 0.00207. The predicted octanol–water partition coefficient (Wildman–Crippen LogP) is 4.56. The molecule has 3 N–H and O–H groups in total. The number of nitrogens with one attached hydrogen (secondary N) is 3. The second kappa shape index (κ2) is 14.6. The summed E-state index contributed by atoms with van der Waals surface area (Å²) in [5.41, 5.74) is 3.48. The highest BCUT2D eigenvalue weighted by atomic mass is 32.2. The second-order valence-electron chi connectivity index (χ2n) is 15.3. The lowest BCUT2D eigenvalue weighted by Crippen LogP contribution is -2.57. The van der Waals surface area contributed by atoms with E-state index in [1.54, 1.807) is 4.90 Å². The Morgan fingerprint density at radius 3 is 2.72 bits per heavy atom. The van der Waals surface area contributed by atoms with Crippen LogP contribution in [-0.2, 0) is 48.7 Å². The van der Waals surface area contributed by atoms with E-state index in [1.165, 1.54) is 22.3 Å². The van der Waals surface area contributed by atoms with Crippen LogP contribution in [-0.4, -0.2) is 82.5 Å². The van der Waals surface area contributed by atoms with E-state index in [4.69, 9.17) is 9.72 Å². The van der Waals surface area contributed by atoms with Crippen molar-refractivity contribution in [3.63, 3.8) is 0 Å². The van der Waals surface area contributed by atoms with Crippen LogP contribution in [0.2, 0.25) is 0 Å². The highest BCUT2D eigenvalue weighted by Gasteiger charge is 2.62. The number of benzene rings is 1. The molecule has 15 heteroatoms. The minimum atomic E-state index is -3.88. The average molecular weight is 775 g/mol. The number of anilines is 1. The number of sulfonamides is 1. The molecule has 3 fully saturated rings. The van der Waals surface area contributed by atoms with E-state index in [9.17, 15) is 27.6 Å². The van der Waals surface area contributed by atoms with E-state index in [1.807, 2.05) is 23.6 Å². The number of aryl methyl sites for hydroxylation is 1. The van der Waals surface area contributed by atoms with E-state index in [0.29, 0.717) is 37.5 Å². The molecule has 1 aromatic carbocycles. The first-order valence-electron chi connectivity index (χ1n) is 19.0. The number of ether oxygens (including phenoxy) is 1. The fourth-order valence-electron chi connectivity index (χ4n) is 8.17. The number of fused-ring (bicyclic) bond motifs is 5. The Kier molecular flexibility index (Phi) is 9.88. The topological polar surface area (TPSA) is 167 Å². The zero-order valence-corrected chi connectivity index (χ0v) is 31.8. The molecule has 0 radical (unpaired) electrons. The molecule has 1 saturated heterocycles. The molecule has 6 bridgehead atoms. The highest BCUT2D eigenvalue weighted by Crippen LogP contribution is 2.45. The molecule has 13 nitrogen and oxygen atoms in total. The van der Waals surface area contributed by atoms with Crippen LogP contribution in [0.4, 0.5) is 9.93 Å². The van der Waals surface area contributed by atoms with Gasteiger partial charge in [0, 0.05) is 24.3 Å². The van der Waals surface area contributed by atoms with Crippen molar-refractivity contribution in [3.05, 3.63) is 76.3 Å². The summed E-state index contributed by atoms with van der Waals surface area (Å²) < 4.78 is 33.7. The molecule has 4 amide bonds. The van der Waals surface area contributed by atoms with Crippen LogP contribution in [0.3, 0.4) is 0 Å². The quantitative estimate of drug-likeness (QED) is 0.342. The van der Waals surface area contributed by atoms with Crippen LogP contribution in [0.25, 0.3) is 6.08 Å². The molecule has 3 aliphatic carbocycles. The van der Waals surface area contributed by atoms with Gasteiger partial charge in [-0.05, 0) is 86.5 Å². The van der Waals surface area contributed by atoms with Gasteiger partial charge in [-0.2, -0.15) is 0 Å². The summed E-state index contributed by atoms with van der Waals surface area (Å²) in [4.78, 5) is 64.4. The van der Waals surface area contributed by atoms with Crippen molar-refractivity contribution in [3.8, 4) is 0 Å². The smallest absolute Gasteiger partial charge is 0.410 e. The van der Waals surface area contributed by atoms with Crippen molar-refractivity contribution >= 4 is 56.4 Å². The molecule has 286 valence electrons. The lowest BCUT2D eigenvalue weighted by atomic mass is 9.93. The minimum Gasteiger partial charge on any atom is -0.444 e. The van der Waals surface area contributed by atoms with Crippen LogP contribution < -0.4 is 15.4 Å². The lowest BCUT2D eigenvalue weighted by molar-refractivity contribution is -0.139. The van der Waals surface area contributed by atoms with Crippen LogP contribution in [0.1, 0.15) is 86.6 Å². The Labute approximate surface area is 319 Å². The number of hydrogen-bond acceptors (Lipinski definition) is 10. The highest BCUT2D eigenvalue weighted by molar-refractivity contribution is 7.91. The Balaban J connectivity index is 1.10. The number of nitrogens with zero attached hydrogens (tertiary/aromatic N) is 3. The fourth-order valence-corrected chi connectivity index (χ4v) is 10.3. The summed E-state index contributed by atoms with van der Waals surface area (Å²) in [5.74, 6) is -2.29. The number of thiazole rings is 1. The zero-order chi connectivity index (χ0) is 37.6. The van der Waals surface area contributed by atoms with Crippen molar-refractivity contribution in [2.75, 3.05) is 11.9 Å². The molecular formula is C39H46N6O7S2. The maximum atomic E-state index is 14.8. The Morgan fingerprint density at radius 2 is 1.96 bits per heavy atom. The fraction of sp³-hybridized carbons (Fsp3) is 0.513. The summed E-state index contributed by atoms with van der Waals surface area (Å²) in [5, 5.41) is 8.22. The molecule has 0 unspecified atom stereocenters. The van der Waals surface area contributed by atoms with Gasteiger partial charge in [0.05, 0.1) is 24.0 Å². The van der Waals surface area contributed by atoms with Crippen molar-refractivity contribution in [2.24, 2.45) is 5.92 Å². The molecule has 6 aliphatic rings. The molecule has 8 rings (SSSR count).